The molecule has 5 nitrogen and oxygen atoms in total. The number of carbonyl (C=O) groups is 2. The zero-order valence-electron chi connectivity index (χ0n) is 14.9. The van der Waals surface area contributed by atoms with E-state index in [9.17, 15) is 9.59 Å². The first kappa shape index (κ1) is 17.6. The lowest BCUT2D eigenvalue weighted by atomic mass is 9.54. The van der Waals surface area contributed by atoms with Gasteiger partial charge in [-0.3, -0.25) is 4.79 Å². The number of hydrogen-bond acceptors (Lipinski definition) is 3. The zero-order valence-corrected chi connectivity index (χ0v) is 14.9. The average molecular weight is 336 g/mol. The minimum Gasteiger partial charge on any atom is -0.466 e. The molecule has 4 rings (SSSR count). The molecular weight excluding hydrogens is 304 g/mol. The summed E-state index contributed by atoms with van der Waals surface area (Å²) in [6.45, 7) is 2.96. The summed E-state index contributed by atoms with van der Waals surface area (Å²) >= 11 is 0. The Morgan fingerprint density at radius 3 is 2.25 bits per heavy atom. The summed E-state index contributed by atoms with van der Waals surface area (Å²) in [6.07, 6.45) is 9.91. The van der Waals surface area contributed by atoms with Crippen LogP contribution < -0.4 is 10.6 Å². The van der Waals surface area contributed by atoms with Crippen molar-refractivity contribution in [3.05, 3.63) is 0 Å². The van der Waals surface area contributed by atoms with Crippen molar-refractivity contribution in [3.63, 3.8) is 0 Å². The predicted molar refractivity (Wildman–Crippen MR) is 92.5 cm³/mol. The first-order chi connectivity index (χ1) is 11.7. The van der Waals surface area contributed by atoms with Crippen LogP contribution in [0.15, 0.2) is 0 Å². The fraction of sp³-hybridized carbons (Fsp3) is 0.895. The number of hydrogen-bond donors (Lipinski definition) is 2. The van der Waals surface area contributed by atoms with E-state index < -0.39 is 0 Å². The van der Waals surface area contributed by atoms with Gasteiger partial charge in [0.1, 0.15) is 0 Å². The van der Waals surface area contributed by atoms with Gasteiger partial charge in [0.05, 0.1) is 6.61 Å². The van der Waals surface area contributed by atoms with E-state index in [0.717, 1.165) is 42.9 Å². The minimum absolute atomic E-state index is 0.00198. The second kappa shape index (κ2) is 8.21. The molecule has 0 atom stereocenters. The fourth-order valence-corrected chi connectivity index (χ4v) is 5.37. The number of unbranched alkanes of at least 4 members (excludes halogenated alkanes) is 2. The van der Waals surface area contributed by atoms with Crippen LogP contribution in [0, 0.1) is 23.7 Å². The summed E-state index contributed by atoms with van der Waals surface area (Å²) < 4.78 is 4.90. The molecule has 0 aliphatic heterocycles. The Labute approximate surface area is 145 Å². The maximum absolute atomic E-state index is 12.2. The maximum Gasteiger partial charge on any atom is 0.315 e. The molecule has 4 aliphatic carbocycles. The van der Waals surface area contributed by atoms with Gasteiger partial charge in [-0.2, -0.15) is 0 Å². The van der Waals surface area contributed by atoms with E-state index in [4.69, 9.17) is 4.74 Å². The van der Waals surface area contributed by atoms with Crippen molar-refractivity contribution in [2.45, 2.75) is 70.8 Å². The quantitative estimate of drug-likeness (QED) is 0.528. The highest BCUT2D eigenvalue weighted by Gasteiger charge is 2.48. The monoisotopic (exact) mass is 336 g/mol. The highest BCUT2D eigenvalue weighted by Crippen LogP contribution is 2.53. The number of amides is 2. The maximum atomic E-state index is 12.2. The third-order valence-electron chi connectivity index (χ3n) is 6.17. The highest BCUT2D eigenvalue weighted by molar-refractivity contribution is 5.74. The van der Waals surface area contributed by atoms with Crippen molar-refractivity contribution in [2.75, 3.05) is 13.2 Å². The Bertz CT molecular complexity index is 424. The second-order valence-electron chi connectivity index (χ2n) is 7.97. The molecule has 0 aromatic rings. The van der Waals surface area contributed by atoms with Gasteiger partial charge in [-0.15, -0.1) is 0 Å². The molecule has 4 bridgehead atoms. The number of rotatable bonds is 8. The molecule has 0 aromatic heterocycles. The second-order valence-corrected chi connectivity index (χ2v) is 7.97. The standard InChI is InChI=1S/C19H32N2O3/c1-2-24-17(22)6-4-3-5-7-20-19(23)21-18-15-9-13-8-14(11-15)12-16(18)10-13/h13-16,18H,2-12H2,1H3,(H2,20,21,23). The van der Waals surface area contributed by atoms with Crippen LogP contribution in [0.2, 0.25) is 0 Å². The summed E-state index contributed by atoms with van der Waals surface area (Å²) in [5.41, 5.74) is 0. The SMILES string of the molecule is CCOC(=O)CCCCCNC(=O)NC1C2CC3CC(C2)CC1C3. The Hall–Kier alpha value is -1.26. The van der Waals surface area contributed by atoms with Gasteiger partial charge in [-0.25, -0.2) is 4.79 Å². The molecule has 2 N–H and O–H groups in total. The molecule has 4 aliphatic rings. The van der Waals surface area contributed by atoms with Crippen LogP contribution in [-0.4, -0.2) is 31.2 Å². The Balaban J connectivity index is 1.27. The number of carbonyl (C=O) groups excluding carboxylic acids is 2. The van der Waals surface area contributed by atoms with Gasteiger partial charge < -0.3 is 15.4 Å². The lowest BCUT2D eigenvalue weighted by molar-refractivity contribution is -0.143. The van der Waals surface area contributed by atoms with Crippen LogP contribution in [0.1, 0.15) is 64.7 Å². The Morgan fingerprint density at radius 1 is 0.958 bits per heavy atom. The number of ether oxygens (including phenoxy) is 1. The molecule has 0 radical (unpaired) electrons. The molecule has 5 heteroatoms. The first-order valence-electron chi connectivity index (χ1n) is 9.85. The van der Waals surface area contributed by atoms with E-state index in [1.807, 2.05) is 6.92 Å². The molecular formula is C19H32N2O3. The summed E-state index contributed by atoms with van der Waals surface area (Å²) in [7, 11) is 0. The van der Waals surface area contributed by atoms with Crippen molar-refractivity contribution >= 4 is 12.0 Å². The molecule has 0 unspecified atom stereocenters. The third-order valence-corrected chi connectivity index (χ3v) is 6.17. The van der Waals surface area contributed by atoms with Gasteiger partial charge in [0.25, 0.3) is 0 Å². The molecule has 2 amide bonds. The average Bonchev–Trinajstić information content (AvgIpc) is 2.54. The molecule has 4 fully saturated rings. The highest BCUT2D eigenvalue weighted by atomic mass is 16.5. The summed E-state index contributed by atoms with van der Waals surface area (Å²) in [5, 5.41) is 6.25. The topological polar surface area (TPSA) is 67.4 Å². The minimum atomic E-state index is -0.120. The number of esters is 1. The molecule has 0 saturated heterocycles. The van der Waals surface area contributed by atoms with Crippen molar-refractivity contribution in [1.29, 1.82) is 0 Å². The smallest absolute Gasteiger partial charge is 0.315 e. The molecule has 24 heavy (non-hydrogen) atoms. The Morgan fingerprint density at radius 2 is 1.62 bits per heavy atom. The molecule has 0 spiro atoms. The van der Waals surface area contributed by atoms with E-state index >= 15 is 0 Å². The van der Waals surface area contributed by atoms with Crippen molar-refractivity contribution in [3.8, 4) is 0 Å². The first-order valence-corrected chi connectivity index (χ1v) is 9.85. The zero-order chi connectivity index (χ0) is 16.9. The van der Waals surface area contributed by atoms with Gasteiger partial charge in [-0.1, -0.05) is 6.42 Å². The van der Waals surface area contributed by atoms with Gasteiger partial charge in [0.15, 0.2) is 0 Å². The molecule has 136 valence electrons. The van der Waals surface area contributed by atoms with E-state index in [2.05, 4.69) is 10.6 Å². The normalized spacial score (nSPS) is 33.3. The molecule has 0 heterocycles. The molecule has 4 saturated carbocycles. The van der Waals surface area contributed by atoms with Crippen LogP contribution in [0.25, 0.3) is 0 Å². The van der Waals surface area contributed by atoms with Gasteiger partial charge in [-0.05, 0) is 75.5 Å². The number of urea groups is 1. The Kier molecular flexibility index (Phi) is 6.01. The third kappa shape index (κ3) is 4.42. The molecule has 0 aromatic carbocycles. The van der Waals surface area contributed by atoms with Crippen LogP contribution >= 0.6 is 0 Å². The van der Waals surface area contributed by atoms with Crippen LogP contribution in [0.4, 0.5) is 4.79 Å². The fourth-order valence-electron chi connectivity index (χ4n) is 5.37. The van der Waals surface area contributed by atoms with E-state index in [1.165, 1.54) is 32.1 Å². The van der Waals surface area contributed by atoms with Crippen LogP contribution in [-0.2, 0) is 9.53 Å². The van der Waals surface area contributed by atoms with Crippen molar-refractivity contribution in [1.82, 2.24) is 10.6 Å². The van der Waals surface area contributed by atoms with Crippen molar-refractivity contribution in [2.24, 2.45) is 23.7 Å². The number of nitrogens with one attached hydrogen (secondary N) is 2. The van der Waals surface area contributed by atoms with Gasteiger partial charge in [0.2, 0.25) is 0 Å². The summed E-state index contributed by atoms with van der Waals surface area (Å²) in [6, 6.07) is 0.402. The summed E-state index contributed by atoms with van der Waals surface area (Å²) in [4.78, 5) is 23.4. The van der Waals surface area contributed by atoms with Crippen LogP contribution in [0.5, 0.6) is 0 Å². The van der Waals surface area contributed by atoms with Crippen molar-refractivity contribution < 1.29 is 14.3 Å². The lowest BCUT2D eigenvalue weighted by Gasteiger charge is -2.54. The summed E-state index contributed by atoms with van der Waals surface area (Å²) in [5.74, 6) is 3.19. The van der Waals surface area contributed by atoms with E-state index in [1.54, 1.807) is 0 Å². The largest absolute Gasteiger partial charge is 0.466 e. The van der Waals surface area contributed by atoms with E-state index in [-0.39, 0.29) is 12.0 Å². The van der Waals surface area contributed by atoms with Gasteiger partial charge >= 0.3 is 12.0 Å². The van der Waals surface area contributed by atoms with Gasteiger partial charge in [0, 0.05) is 19.0 Å². The predicted octanol–water partition coefficient (Wildman–Crippen LogP) is 3.23. The van der Waals surface area contributed by atoms with E-state index in [0.29, 0.717) is 25.6 Å². The lowest BCUT2D eigenvalue weighted by Crippen LogP contribution is -2.57. The van der Waals surface area contributed by atoms with Crippen LogP contribution in [0.3, 0.4) is 0 Å².